The number of nitrogens with two attached hydrogens (primary N) is 1. The lowest BCUT2D eigenvalue weighted by Gasteiger charge is -2.18. The topological polar surface area (TPSA) is 95.7 Å². The van der Waals surface area contributed by atoms with Gasteiger partial charge in [0.05, 0.1) is 12.5 Å². The van der Waals surface area contributed by atoms with E-state index in [1.165, 1.54) is 0 Å². The zero-order valence-corrected chi connectivity index (χ0v) is 9.95. The van der Waals surface area contributed by atoms with Gasteiger partial charge in [0.25, 0.3) is 0 Å². The van der Waals surface area contributed by atoms with Gasteiger partial charge in [0, 0.05) is 0 Å². The van der Waals surface area contributed by atoms with E-state index in [4.69, 9.17) is 11.0 Å². The maximum Gasteiger partial charge on any atom is 0.238 e. The van der Waals surface area contributed by atoms with Gasteiger partial charge >= 0.3 is 0 Å². The smallest absolute Gasteiger partial charge is 0.238 e. The van der Waals surface area contributed by atoms with E-state index in [1.54, 1.807) is 0 Å². The third kappa shape index (κ3) is 4.52. The summed E-state index contributed by atoms with van der Waals surface area (Å²) in [5.74, 6) is 4.14. The number of aryl methyl sites for hydroxylation is 1. The van der Waals surface area contributed by atoms with E-state index in [1.807, 2.05) is 35.8 Å². The van der Waals surface area contributed by atoms with Crippen molar-refractivity contribution >= 4 is 12.3 Å². The van der Waals surface area contributed by atoms with Crippen molar-refractivity contribution in [3.05, 3.63) is 35.9 Å². The first-order valence-electron chi connectivity index (χ1n) is 5.62. The lowest BCUT2D eigenvalue weighted by Crippen LogP contribution is -2.41. The molecule has 0 radical (unpaired) electrons. The van der Waals surface area contributed by atoms with Crippen molar-refractivity contribution in [2.45, 2.75) is 12.8 Å². The summed E-state index contributed by atoms with van der Waals surface area (Å²) < 4.78 is 0. The summed E-state index contributed by atoms with van der Waals surface area (Å²) in [5.41, 5.74) is 3.12. The molecule has 1 atom stereocenters. The predicted molar refractivity (Wildman–Crippen MR) is 65.1 cm³/mol. The molecule has 0 bridgehead atoms. The van der Waals surface area contributed by atoms with Crippen molar-refractivity contribution in [3.8, 4) is 0 Å². The van der Waals surface area contributed by atoms with Crippen LogP contribution in [0.1, 0.15) is 12.0 Å². The molecule has 1 aromatic rings. The standard InChI is InChI=1S/C12H17N3O3/c13-14-12(17)11(8-15(18)9-16)7-6-10-4-2-1-3-5-10/h1-5,9,11,18H,6-8,13H2,(H,14,17). The van der Waals surface area contributed by atoms with Crippen LogP contribution in [0.5, 0.6) is 0 Å². The highest BCUT2D eigenvalue weighted by atomic mass is 16.5. The number of nitrogens with one attached hydrogen (secondary N) is 1. The van der Waals surface area contributed by atoms with Crippen molar-refractivity contribution in [1.82, 2.24) is 10.5 Å². The molecule has 18 heavy (non-hydrogen) atoms. The van der Waals surface area contributed by atoms with Crippen molar-refractivity contribution < 1.29 is 14.8 Å². The highest BCUT2D eigenvalue weighted by Gasteiger charge is 2.19. The Balaban J connectivity index is 2.56. The van der Waals surface area contributed by atoms with Crippen LogP contribution < -0.4 is 11.3 Å². The third-order valence-corrected chi connectivity index (χ3v) is 2.67. The van der Waals surface area contributed by atoms with Gasteiger partial charge < -0.3 is 0 Å². The zero-order chi connectivity index (χ0) is 13.4. The highest BCUT2D eigenvalue weighted by Crippen LogP contribution is 2.11. The van der Waals surface area contributed by atoms with E-state index < -0.39 is 11.8 Å². The molecular formula is C12H17N3O3. The number of nitrogens with zero attached hydrogens (tertiary/aromatic N) is 1. The van der Waals surface area contributed by atoms with Crippen LogP contribution in [0.25, 0.3) is 0 Å². The fraction of sp³-hybridized carbons (Fsp3) is 0.333. The number of carbonyl (C=O) groups is 2. The van der Waals surface area contributed by atoms with Crippen LogP contribution in [0.15, 0.2) is 30.3 Å². The van der Waals surface area contributed by atoms with Gasteiger partial charge in [0.1, 0.15) is 0 Å². The molecule has 6 nitrogen and oxygen atoms in total. The van der Waals surface area contributed by atoms with Gasteiger partial charge in [0.15, 0.2) is 0 Å². The number of carbonyl (C=O) groups excluding carboxylic acids is 2. The molecule has 2 amide bonds. The fourth-order valence-electron chi connectivity index (χ4n) is 1.68. The molecule has 1 aromatic carbocycles. The Hall–Kier alpha value is -1.92. The monoisotopic (exact) mass is 251 g/mol. The van der Waals surface area contributed by atoms with E-state index in [-0.39, 0.29) is 13.0 Å². The van der Waals surface area contributed by atoms with Gasteiger partial charge in [-0.25, -0.2) is 10.9 Å². The summed E-state index contributed by atoms with van der Waals surface area (Å²) in [5, 5.41) is 9.56. The van der Waals surface area contributed by atoms with Gasteiger partial charge in [-0.3, -0.25) is 20.2 Å². The van der Waals surface area contributed by atoms with Gasteiger partial charge in [-0.05, 0) is 18.4 Å². The van der Waals surface area contributed by atoms with Gasteiger partial charge in [-0.1, -0.05) is 30.3 Å². The molecule has 1 rings (SSSR count). The Labute approximate surface area is 105 Å². The van der Waals surface area contributed by atoms with Gasteiger partial charge in [0.2, 0.25) is 12.3 Å². The second-order valence-corrected chi connectivity index (χ2v) is 3.96. The number of hydrogen-bond acceptors (Lipinski definition) is 4. The number of hydrogen-bond donors (Lipinski definition) is 3. The minimum absolute atomic E-state index is 0.0701. The number of hydroxylamine groups is 2. The Morgan fingerprint density at radius 2 is 2.11 bits per heavy atom. The van der Waals surface area contributed by atoms with Gasteiger partial charge in [-0.2, -0.15) is 0 Å². The van der Waals surface area contributed by atoms with Crippen LogP contribution in [-0.2, 0) is 16.0 Å². The Kier molecular flexibility index (Phi) is 5.83. The molecule has 0 aliphatic heterocycles. The molecule has 0 saturated heterocycles. The molecule has 1 unspecified atom stereocenters. The normalized spacial score (nSPS) is 11.7. The van der Waals surface area contributed by atoms with E-state index in [0.29, 0.717) is 17.9 Å². The second kappa shape index (κ2) is 7.41. The van der Waals surface area contributed by atoms with E-state index >= 15 is 0 Å². The SMILES string of the molecule is NNC(=O)C(CCc1ccccc1)CN(O)C=O. The van der Waals surface area contributed by atoms with Crippen molar-refractivity contribution in [3.63, 3.8) is 0 Å². The second-order valence-electron chi connectivity index (χ2n) is 3.96. The van der Waals surface area contributed by atoms with Crippen LogP contribution >= 0.6 is 0 Å². The molecule has 0 aromatic heterocycles. The molecule has 0 spiro atoms. The zero-order valence-electron chi connectivity index (χ0n) is 9.95. The molecule has 6 heteroatoms. The summed E-state index contributed by atoms with van der Waals surface area (Å²) in [7, 11) is 0. The third-order valence-electron chi connectivity index (χ3n) is 2.67. The van der Waals surface area contributed by atoms with E-state index in [9.17, 15) is 9.59 Å². The average Bonchev–Trinajstić information content (AvgIpc) is 2.43. The van der Waals surface area contributed by atoms with Crippen LogP contribution in [-0.4, -0.2) is 29.1 Å². The largest absolute Gasteiger partial charge is 0.294 e. The van der Waals surface area contributed by atoms with E-state index in [0.717, 1.165) is 5.56 Å². The molecule has 4 N–H and O–H groups in total. The van der Waals surface area contributed by atoms with E-state index in [2.05, 4.69) is 0 Å². The number of benzene rings is 1. The molecule has 98 valence electrons. The summed E-state index contributed by atoms with van der Waals surface area (Å²) in [6, 6.07) is 9.64. The molecule has 0 aliphatic carbocycles. The van der Waals surface area contributed by atoms with Crippen molar-refractivity contribution in [1.29, 1.82) is 0 Å². The first-order valence-corrected chi connectivity index (χ1v) is 5.62. The average molecular weight is 251 g/mol. The summed E-state index contributed by atoms with van der Waals surface area (Å²) >= 11 is 0. The van der Waals surface area contributed by atoms with Crippen molar-refractivity contribution in [2.24, 2.45) is 11.8 Å². The minimum Gasteiger partial charge on any atom is -0.294 e. The molecular weight excluding hydrogens is 234 g/mol. The lowest BCUT2D eigenvalue weighted by molar-refractivity contribution is -0.154. The Morgan fingerprint density at radius 3 is 2.67 bits per heavy atom. The van der Waals surface area contributed by atoms with Gasteiger partial charge in [-0.15, -0.1) is 0 Å². The number of hydrazine groups is 1. The molecule has 0 fully saturated rings. The quantitative estimate of drug-likeness (QED) is 0.210. The minimum atomic E-state index is -0.537. The fourth-order valence-corrected chi connectivity index (χ4v) is 1.68. The maximum atomic E-state index is 11.5. The van der Waals surface area contributed by atoms with Crippen molar-refractivity contribution in [2.75, 3.05) is 6.54 Å². The lowest BCUT2D eigenvalue weighted by atomic mass is 9.98. The maximum absolute atomic E-state index is 11.5. The first kappa shape index (κ1) is 14.1. The summed E-state index contributed by atoms with van der Waals surface area (Å²) in [4.78, 5) is 21.8. The molecule has 0 saturated carbocycles. The Bertz CT molecular complexity index is 383. The first-order chi connectivity index (χ1) is 8.67. The summed E-state index contributed by atoms with van der Waals surface area (Å²) in [6.07, 6.45) is 1.43. The van der Waals surface area contributed by atoms with Crippen LogP contribution in [0, 0.1) is 5.92 Å². The number of amides is 2. The highest BCUT2D eigenvalue weighted by molar-refractivity contribution is 5.78. The number of rotatable bonds is 7. The van der Waals surface area contributed by atoms with Crippen LogP contribution in [0.3, 0.4) is 0 Å². The Morgan fingerprint density at radius 1 is 1.44 bits per heavy atom. The molecule has 0 heterocycles. The summed E-state index contributed by atoms with van der Waals surface area (Å²) in [6.45, 7) is -0.0701. The predicted octanol–water partition coefficient (Wildman–Crippen LogP) is 0.0729. The van der Waals surface area contributed by atoms with Crippen LogP contribution in [0.2, 0.25) is 0 Å². The van der Waals surface area contributed by atoms with Crippen LogP contribution in [0.4, 0.5) is 0 Å². The molecule has 0 aliphatic rings.